The molecule has 0 aliphatic heterocycles. The highest BCUT2D eigenvalue weighted by Gasteiger charge is 2.23. The third-order valence-electron chi connectivity index (χ3n) is 11.5. The Morgan fingerprint density at radius 3 is 1.94 bits per heavy atom. The Hall–Kier alpha value is -6.38. The molecule has 1 aromatic heterocycles. The average Bonchev–Trinajstić information content (AvgIpc) is 3.64. The zero-order chi connectivity index (χ0) is 35.8. The van der Waals surface area contributed by atoms with Crippen LogP contribution in [0.4, 0.5) is 17.1 Å². The van der Waals surface area contributed by atoms with E-state index >= 15 is 0 Å². The Kier molecular flexibility index (Phi) is 8.30. The molecule has 0 radical (unpaired) electrons. The molecule has 9 aromatic rings. The molecule has 1 fully saturated rings. The van der Waals surface area contributed by atoms with Gasteiger partial charge in [0.2, 0.25) is 0 Å². The van der Waals surface area contributed by atoms with Crippen LogP contribution in [-0.2, 0) is 0 Å². The molecule has 0 spiro atoms. The molecule has 1 aliphatic rings. The molecular weight excluding hydrogens is 655 g/mol. The van der Waals surface area contributed by atoms with E-state index in [1.807, 2.05) is 6.07 Å². The van der Waals surface area contributed by atoms with Crippen molar-refractivity contribution in [3.63, 3.8) is 0 Å². The van der Waals surface area contributed by atoms with E-state index < -0.39 is 0 Å². The first-order valence-electron chi connectivity index (χ1n) is 19.4. The predicted octanol–water partition coefficient (Wildman–Crippen LogP) is 15.3. The first-order valence-corrected chi connectivity index (χ1v) is 19.4. The number of rotatable bonds is 7. The zero-order valence-corrected chi connectivity index (χ0v) is 30.3. The van der Waals surface area contributed by atoms with Gasteiger partial charge in [-0.1, -0.05) is 159 Å². The highest BCUT2D eigenvalue weighted by molar-refractivity contribution is 6.12. The topological polar surface area (TPSA) is 16.4 Å². The van der Waals surface area contributed by atoms with E-state index in [0.717, 1.165) is 50.1 Å². The Balaban J connectivity index is 1.18. The Labute approximate surface area is 316 Å². The highest BCUT2D eigenvalue weighted by Crippen LogP contribution is 2.47. The minimum absolute atomic E-state index is 0.593. The summed E-state index contributed by atoms with van der Waals surface area (Å²) in [5.74, 6) is 0.593. The van der Waals surface area contributed by atoms with Crippen LogP contribution in [0, 0.1) is 0 Å². The number of fused-ring (bicyclic) bond motifs is 4. The molecule has 54 heavy (non-hydrogen) atoms. The SMILES string of the molecule is c1ccc(-c2ccc(N(c3cccc(-c4cccc5oc6ccccc6c45)c3)c3ccccc3-c3cccc4cccc(C5CCCCC5)c34)cc2)cc1. The minimum Gasteiger partial charge on any atom is -0.456 e. The van der Waals surface area contributed by atoms with Gasteiger partial charge in [0.1, 0.15) is 11.2 Å². The fourth-order valence-corrected chi connectivity index (χ4v) is 8.93. The summed E-state index contributed by atoms with van der Waals surface area (Å²) in [7, 11) is 0. The third-order valence-corrected chi connectivity index (χ3v) is 11.5. The Morgan fingerprint density at radius 1 is 0.426 bits per heavy atom. The van der Waals surface area contributed by atoms with Crippen molar-refractivity contribution in [2.24, 2.45) is 0 Å². The first kappa shape index (κ1) is 32.3. The minimum atomic E-state index is 0.593. The summed E-state index contributed by atoms with van der Waals surface area (Å²) in [5.41, 5.74) is 13.9. The molecule has 0 N–H and O–H groups in total. The van der Waals surface area contributed by atoms with Gasteiger partial charge in [-0.3, -0.25) is 0 Å². The summed E-state index contributed by atoms with van der Waals surface area (Å²) in [6.45, 7) is 0. The number of benzene rings is 8. The van der Waals surface area contributed by atoms with Crippen molar-refractivity contribution in [1.29, 1.82) is 0 Å². The van der Waals surface area contributed by atoms with Crippen LogP contribution >= 0.6 is 0 Å². The van der Waals surface area contributed by atoms with Crippen molar-refractivity contribution in [2.45, 2.75) is 38.0 Å². The number of para-hydroxylation sites is 2. The standard InChI is InChI=1S/C52H41NO/c1-3-15-36(16-4-1)37-31-33-41(34-32-37)53(42-22-11-21-40(35-42)44-26-14-30-50-52(44)47-24-8-10-29-49(47)54-50)48-28-9-7-23-45(48)46-27-13-20-39-19-12-25-43(51(39)46)38-17-5-2-6-18-38/h1,3-4,7-16,19-35,38H,2,5-6,17-18H2. The van der Waals surface area contributed by atoms with Crippen LogP contribution in [0.5, 0.6) is 0 Å². The molecular formula is C52H41NO. The summed E-state index contributed by atoms with van der Waals surface area (Å²) >= 11 is 0. The molecule has 0 bridgehead atoms. The van der Waals surface area contributed by atoms with Crippen molar-refractivity contribution >= 4 is 49.8 Å². The van der Waals surface area contributed by atoms with Crippen LogP contribution in [0.15, 0.2) is 186 Å². The fraction of sp³-hybridized carbons (Fsp3) is 0.115. The van der Waals surface area contributed by atoms with Crippen LogP contribution in [0.1, 0.15) is 43.6 Å². The van der Waals surface area contributed by atoms with E-state index in [2.05, 4.69) is 181 Å². The molecule has 8 aromatic carbocycles. The second kappa shape index (κ2) is 13.9. The Morgan fingerprint density at radius 2 is 1.07 bits per heavy atom. The molecule has 1 aliphatic carbocycles. The van der Waals surface area contributed by atoms with Gasteiger partial charge in [-0.25, -0.2) is 0 Å². The smallest absolute Gasteiger partial charge is 0.136 e. The van der Waals surface area contributed by atoms with Crippen LogP contribution in [0.3, 0.4) is 0 Å². The number of hydrogen-bond donors (Lipinski definition) is 0. The summed E-state index contributed by atoms with van der Waals surface area (Å²) in [5, 5.41) is 4.99. The van der Waals surface area contributed by atoms with E-state index in [-0.39, 0.29) is 0 Å². The second-order valence-electron chi connectivity index (χ2n) is 14.7. The predicted molar refractivity (Wildman–Crippen MR) is 228 cm³/mol. The Bertz CT molecular complexity index is 2750. The maximum atomic E-state index is 6.32. The second-order valence-corrected chi connectivity index (χ2v) is 14.7. The number of hydrogen-bond acceptors (Lipinski definition) is 2. The van der Waals surface area contributed by atoms with Gasteiger partial charge < -0.3 is 9.32 Å². The van der Waals surface area contributed by atoms with Crippen LogP contribution in [-0.4, -0.2) is 0 Å². The lowest BCUT2D eigenvalue weighted by atomic mass is 9.80. The van der Waals surface area contributed by atoms with E-state index in [1.54, 1.807) is 0 Å². The van der Waals surface area contributed by atoms with Gasteiger partial charge in [0.05, 0.1) is 5.69 Å². The van der Waals surface area contributed by atoms with E-state index in [9.17, 15) is 0 Å². The zero-order valence-electron chi connectivity index (χ0n) is 30.3. The molecule has 2 nitrogen and oxygen atoms in total. The van der Waals surface area contributed by atoms with Gasteiger partial charge in [-0.05, 0) is 105 Å². The van der Waals surface area contributed by atoms with Crippen molar-refractivity contribution in [3.8, 4) is 33.4 Å². The molecule has 0 unspecified atom stereocenters. The van der Waals surface area contributed by atoms with Crippen LogP contribution in [0.2, 0.25) is 0 Å². The monoisotopic (exact) mass is 695 g/mol. The molecule has 10 rings (SSSR count). The molecule has 1 heterocycles. The van der Waals surface area contributed by atoms with Crippen molar-refractivity contribution in [2.75, 3.05) is 4.90 Å². The lowest BCUT2D eigenvalue weighted by Crippen LogP contribution is -2.11. The lowest BCUT2D eigenvalue weighted by Gasteiger charge is -2.29. The summed E-state index contributed by atoms with van der Waals surface area (Å²) in [6, 6.07) is 66.2. The maximum Gasteiger partial charge on any atom is 0.136 e. The summed E-state index contributed by atoms with van der Waals surface area (Å²) in [6.07, 6.45) is 6.50. The number of furan rings is 1. The van der Waals surface area contributed by atoms with Gasteiger partial charge in [-0.2, -0.15) is 0 Å². The summed E-state index contributed by atoms with van der Waals surface area (Å²) in [4.78, 5) is 2.45. The molecule has 0 amide bonds. The molecule has 0 atom stereocenters. The lowest BCUT2D eigenvalue weighted by molar-refractivity contribution is 0.445. The quantitative estimate of drug-likeness (QED) is 0.165. The van der Waals surface area contributed by atoms with Crippen molar-refractivity contribution < 1.29 is 4.42 Å². The fourth-order valence-electron chi connectivity index (χ4n) is 8.93. The van der Waals surface area contributed by atoms with E-state index in [1.165, 1.54) is 70.7 Å². The maximum absolute atomic E-state index is 6.32. The van der Waals surface area contributed by atoms with E-state index in [0.29, 0.717) is 5.92 Å². The van der Waals surface area contributed by atoms with Crippen LogP contribution in [0.25, 0.3) is 66.1 Å². The van der Waals surface area contributed by atoms with Gasteiger partial charge in [-0.15, -0.1) is 0 Å². The number of nitrogens with zero attached hydrogens (tertiary/aromatic N) is 1. The normalized spacial score (nSPS) is 13.5. The van der Waals surface area contributed by atoms with Gasteiger partial charge in [0.25, 0.3) is 0 Å². The largest absolute Gasteiger partial charge is 0.456 e. The molecule has 2 heteroatoms. The van der Waals surface area contributed by atoms with Crippen LogP contribution < -0.4 is 4.90 Å². The average molecular weight is 696 g/mol. The van der Waals surface area contributed by atoms with Gasteiger partial charge >= 0.3 is 0 Å². The third kappa shape index (κ3) is 5.76. The first-order chi connectivity index (χ1) is 26.8. The molecule has 1 saturated carbocycles. The van der Waals surface area contributed by atoms with Gasteiger partial charge in [0.15, 0.2) is 0 Å². The molecule has 260 valence electrons. The van der Waals surface area contributed by atoms with Crippen molar-refractivity contribution in [1.82, 2.24) is 0 Å². The summed E-state index contributed by atoms with van der Waals surface area (Å²) < 4.78 is 6.32. The van der Waals surface area contributed by atoms with Gasteiger partial charge in [0, 0.05) is 27.7 Å². The van der Waals surface area contributed by atoms with Crippen molar-refractivity contribution in [3.05, 3.63) is 188 Å². The number of anilines is 3. The highest BCUT2D eigenvalue weighted by atomic mass is 16.3. The molecule has 0 saturated heterocycles. The van der Waals surface area contributed by atoms with E-state index in [4.69, 9.17) is 4.42 Å².